The van der Waals surface area contributed by atoms with Crippen LogP contribution in [-0.2, 0) is 68.5 Å². The summed E-state index contributed by atoms with van der Waals surface area (Å²) in [6, 6.07) is 3.97. The highest BCUT2D eigenvalue weighted by Crippen LogP contribution is 2.47. The molecular formula is C80H84Cl4N4O23. The summed E-state index contributed by atoms with van der Waals surface area (Å²) in [5, 5.41) is 109. The number of hydrogen-bond acceptors (Lipinski definition) is 26. The molecule has 27 nitrogen and oxygen atoms in total. The van der Waals surface area contributed by atoms with Crippen LogP contribution in [0.25, 0.3) is 0 Å². The van der Waals surface area contributed by atoms with Crippen LogP contribution in [0.15, 0.2) is 137 Å². The van der Waals surface area contributed by atoms with Crippen LogP contribution in [-0.4, -0.2) is 177 Å². The Morgan fingerprint density at radius 3 is 1.14 bits per heavy atom. The van der Waals surface area contributed by atoms with E-state index in [1.807, 2.05) is 43.4 Å². The molecule has 2 aliphatic carbocycles. The third kappa shape index (κ3) is 22.3. The van der Waals surface area contributed by atoms with Crippen LogP contribution in [0.5, 0.6) is 46.0 Å². The van der Waals surface area contributed by atoms with Gasteiger partial charge in [-0.3, -0.25) is 9.59 Å². The number of halogens is 4. The van der Waals surface area contributed by atoms with Gasteiger partial charge in [0.1, 0.15) is 99.3 Å². The Hall–Kier alpha value is -10.3. The number of oxime groups is 3. The smallest absolute Gasteiger partial charge is 0.342 e. The summed E-state index contributed by atoms with van der Waals surface area (Å²) in [6.07, 6.45) is 31.9. The molecule has 9 aliphatic rings. The average molecular weight is 1610 g/mol. The molecule has 4 aromatic rings. The number of phenolic OH excluding ortho intramolecular Hbond substituents is 8. The minimum absolute atomic E-state index is 0.0187. The Labute approximate surface area is 658 Å². The highest BCUT2D eigenvalue weighted by Gasteiger charge is 2.42. The molecule has 7 heterocycles. The van der Waals surface area contributed by atoms with Crippen LogP contribution in [0.2, 0.25) is 20.1 Å². The van der Waals surface area contributed by atoms with E-state index < -0.39 is 64.8 Å². The molecule has 7 aliphatic heterocycles. The van der Waals surface area contributed by atoms with E-state index in [-0.39, 0.29) is 174 Å². The molecule has 111 heavy (non-hydrogen) atoms. The standard InChI is InChI=1S/C24H27ClN2O7.C19H20ClNO5.C19H19ClO5.C18H18ClNO6/c1-14-11-20-19(34-20)6-3-2-5-15(26-32-10-9-27-8-4-7-21(27)30)12-16-22(24(31)33-14)17(28)13-18(29)23(16)25;1-10-6-12-7-11(12)4-2-3-5-13(21-25)8-14-17(19(24)26-10)15(22)9-16(23)18(14)20;1-10-6-12-7-11(12)4-2-3-5-13(21)8-14-17(19(24)25-10)15(22)9-16(23)18(14)20;1-9-6-15-14(26-15)5-3-2-4-10(20-24)7-11-16(18(23)25-9)12(21)8-13(22)17(11)19/h2-3,5-6,13-14,19-20,28-29H,4,7-12H2,1H3;2-5,9-12,22-23,25H,6-8H2,1H3;2-5,9-12,22-23H,6-8H2,1H3;2-5,8-9,14-15,21-22,24H,6-7H2,1H3/b5-2+,6-3-,26-15?;4-2-,5-3+,21-13?;4-2-,5-3+;4-2+,5-3-,20-10?/t14-,19-,20-;2*10-,11+,12+;9-,14-,15-/m1111/s1. The van der Waals surface area contributed by atoms with E-state index in [2.05, 4.69) is 21.5 Å². The molecule has 10 N–H and O–H groups in total. The van der Waals surface area contributed by atoms with Crippen molar-refractivity contribution in [3.05, 3.63) is 186 Å². The average Bonchev–Trinajstić information content (AvgIpc) is 1.46. The molecule has 0 radical (unpaired) electrons. The number of ketones is 1. The zero-order valence-corrected chi connectivity index (χ0v) is 63.7. The Morgan fingerprint density at radius 1 is 0.432 bits per heavy atom. The van der Waals surface area contributed by atoms with Crippen LogP contribution in [0, 0.1) is 23.7 Å². The molecule has 590 valence electrons. The fourth-order valence-corrected chi connectivity index (χ4v) is 14.2. The topological polar surface area (TPSA) is 416 Å². The first-order valence-corrected chi connectivity index (χ1v) is 37.4. The molecule has 13 rings (SSSR count). The molecule has 0 bridgehead atoms. The van der Waals surface area contributed by atoms with Crippen molar-refractivity contribution < 1.29 is 113 Å². The number of benzene rings is 4. The summed E-state index contributed by atoms with van der Waals surface area (Å²) in [4.78, 5) is 81.8. The number of amides is 1. The van der Waals surface area contributed by atoms with Gasteiger partial charge in [-0.05, 0) is 124 Å². The normalized spacial score (nSPS) is 29.1. The SMILES string of the molecule is C[C@@H]1C[C@H]2C[C@@H]2/C=C\C=C\C(=NO)Cc2c(Cl)c(O)cc(O)c2C(=O)O1.C[C@@H]1C[C@H]2C[C@@H]2/C=C\C=C\C(=O)Cc2c(Cl)c(O)cc(O)c2C(=O)O1.C[C@@H]1C[C@H]2O[C@@H]2/C=C\C=C\C(=NO)Cc2c(Cl)c(O)cc(O)c2C(=O)O1.C[C@@H]1C[C@H]2O[C@@H]2/C=C\C=C\C(=NOCCN2CCCC2=O)Cc2c(Cl)c(O)cc(O)c2C(=O)O1. The summed E-state index contributed by atoms with van der Waals surface area (Å²) in [7, 11) is 0. The van der Waals surface area contributed by atoms with Crippen LogP contribution in [0.1, 0.15) is 143 Å². The number of fused-ring (bicyclic) bond motifs is 8. The van der Waals surface area contributed by atoms with Gasteiger partial charge in [0.15, 0.2) is 5.78 Å². The molecule has 31 heteroatoms. The molecule has 2 saturated carbocycles. The maximum atomic E-state index is 12.9. The second-order valence-electron chi connectivity index (χ2n) is 28.0. The lowest BCUT2D eigenvalue weighted by Gasteiger charge is -2.17. The van der Waals surface area contributed by atoms with Crippen LogP contribution in [0.3, 0.4) is 0 Å². The second kappa shape index (κ2) is 37.6. The maximum Gasteiger partial charge on any atom is 0.342 e. The first-order valence-electron chi connectivity index (χ1n) is 35.9. The van der Waals surface area contributed by atoms with Gasteiger partial charge in [-0.1, -0.05) is 135 Å². The largest absolute Gasteiger partial charge is 0.507 e. The van der Waals surface area contributed by atoms with E-state index in [9.17, 15) is 80.0 Å². The number of cyclic esters (lactones) is 4. The number of likely N-dealkylation sites (tertiary alicyclic amines) is 1. The van der Waals surface area contributed by atoms with Crippen LogP contribution in [0.4, 0.5) is 0 Å². The molecule has 0 spiro atoms. The molecule has 12 atom stereocenters. The quantitative estimate of drug-likeness (QED) is 0.0226. The number of nitrogens with zero attached hydrogens (tertiary/aromatic N) is 4. The Kier molecular flexibility index (Phi) is 28.2. The van der Waals surface area contributed by atoms with E-state index in [0.29, 0.717) is 61.7 Å². The monoisotopic (exact) mass is 1610 g/mol. The van der Waals surface area contributed by atoms with Gasteiger partial charge in [0.2, 0.25) is 5.91 Å². The summed E-state index contributed by atoms with van der Waals surface area (Å²) >= 11 is 24.7. The molecular weight excluding hydrogens is 1530 g/mol. The molecule has 4 aromatic carbocycles. The second-order valence-corrected chi connectivity index (χ2v) is 29.5. The first-order chi connectivity index (χ1) is 53.0. The number of carbonyl (C=O) groups is 6. The lowest BCUT2D eigenvalue weighted by Crippen LogP contribution is -2.28. The van der Waals surface area contributed by atoms with Crippen molar-refractivity contribution in [1.29, 1.82) is 0 Å². The van der Waals surface area contributed by atoms with Gasteiger partial charge < -0.3 is 89.4 Å². The fraction of sp³-hybridized carbons (Fsp3) is 0.388. The number of rotatable bonds is 4. The number of phenols is 8. The summed E-state index contributed by atoms with van der Waals surface area (Å²) in [5.74, 6) is -4.75. The van der Waals surface area contributed by atoms with Gasteiger partial charge >= 0.3 is 23.9 Å². The van der Waals surface area contributed by atoms with E-state index >= 15 is 0 Å². The lowest BCUT2D eigenvalue weighted by molar-refractivity contribution is -0.128. The summed E-state index contributed by atoms with van der Waals surface area (Å²) < 4.78 is 32.9. The third-order valence-electron chi connectivity index (χ3n) is 19.3. The molecule has 0 unspecified atom stereocenters. The third-order valence-corrected chi connectivity index (χ3v) is 21.0. The Balaban J connectivity index is 0.000000159. The highest BCUT2D eigenvalue weighted by molar-refractivity contribution is 6.35. The van der Waals surface area contributed by atoms with Crippen LogP contribution < -0.4 is 0 Å². The van der Waals surface area contributed by atoms with E-state index in [1.54, 1.807) is 68.2 Å². The van der Waals surface area contributed by atoms with Gasteiger partial charge in [0.05, 0.1) is 68.2 Å². The minimum atomic E-state index is -0.780. The van der Waals surface area contributed by atoms with E-state index in [0.717, 1.165) is 56.4 Å². The number of esters is 4. The Bertz CT molecular complexity index is 4460. The molecule has 1 amide bonds. The lowest BCUT2D eigenvalue weighted by atomic mass is 9.99. The summed E-state index contributed by atoms with van der Waals surface area (Å²) in [6.45, 7) is 8.40. The molecule has 5 fully saturated rings. The minimum Gasteiger partial charge on any atom is -0.507 e. The predicted octanol–water partition coefficient (Wildman–Crippen LogP) is 13.5. The first kappa shape index (κ1) is 83.2. The fourth-order valence-electron chi connectivity index (χ4n) is 13.4. The number of carbonyl (C=O) groups excluding carboxylic acids is 6. The zero-order valence-electron chi connectivity index (χ0n) is 60.7. The summed E-state index contributed by atoms with van der Waals surface area (Å²) in [5.41, 5.74) is 0.652. The van der Waals surface area contributed by atoms with Crippen molar-refractivity contribution in [2.24, 2.45) is 39.1 Å². The molecule has 3 saturated heterocycles. The van der Waals surface area contributed by atoms with Crippen molar-refractivity contribution in [3.63, 3.8) is 0 Å². The zero-order chi connectivity index (χ0) is 80.1. The number of hydrogen-bond donors (Lipinski definition) is 10. The van der Waals surface area contributed by atoms with Crippen molar-refractivity contribution in [3.8, 4) is 46.0 Å². The van der Waals surface area contributed by atoms with Crippen molar-refractivity contribution in [2.45, 2.75) is 154 Å². The van der Waals surface area contributed by atoms with Gasteiger partial charge in [-0.2, -0.15) is 0 Å². The molecule has 0 aromatic heterocycles. The van der Waals surface area contributed by atoms with Crippen molar-refractivity contribution in [2.75, 3.05) is 19.7 Å². The van der Waals surface area contributed by atoms with E-state index in [4.69, 9.17) is 79.7 Å². The van der Waals surface area contributed by atoms with E-state index in [1.165, 1.54) is 12.2 Å². The van der Waals surface area contributed by atoms with Crippen molar-refractivity contribution >= 4 is 99.1 Å². The number of allylic oxidation sites excluding steroid dienone is 14. The van der Waals surface area contributed by atoms with Gasteiger partial charge in [0.25, 0.3) is 0 Å². The number of ether oxygens (including phenoxy) is 6. The number of epoxide rings is 2. The maximum absolute atomic E-state index is 12.9. The van der Waals surface area contributed by atoms with Gasteiger partial charge in [-0.25, -0.2) is 19.2 Å². The highest BCUT2D eigenvalue weighted by atomic mass is 35.5. The number of aromatic hydroxyl groups is 8. The van der Waals surface area contributed by atoms with Crippen molar-refractivity contribution in [1.82, 2.24) is 4.90 Å². The van der Waals surface area contributed by atoms with Gasteiger partial charge in [0, 0.05) is 81.3 Å². The Morgan fingerprint density at radius 2 is 0.775 bits per heavy atom. The van der Waals surface area contributed by atoms with Crippen LogP contribution >= 0.6 is 46.4 Å². The predicted molar refractivity (Wildman–Crippen MR) is 408 cm³/mol. The van der Waals surface area contributed by atoms with Gasteiger partial charge in [-0.15, -0.1) is 0 Å².